The van der Waals surface area contributed by atoms with Gasteiger partial charge in [-0.1, -0.05) is 13.8 Å². The number of rotatable bonds is 7. The number of anilines is 1. The van der Waals surface area contributed by atoms with Gasteiger partial charge in [0.2, 0.25) is 0 Å². The minimum atomic E-state index is 0.331. The first-order chi connectivity index (χ1) is 10.2. The second-order valence-electron chi connectivity index (χ2n) is 6.07. The number of hydrogen-bond donors (Lipinski definition) is 1. The van der Waals surface area contributed by atoms with Crippen molar-refractivity contribution >= 4 is 5.82 Å². The lowest BCUT2D eigenvalue weighted by atomic mass is 10.1. The van der Waals surface area contributed by atoms with Crippen LogP contribution in [0, 0.1) is 5.92 Å². The van der Waals surface area contributed by atoms with E-state index in [0.717, 1.165) is 57.1 Å². The Morgan fingerprint density at radius 1 is 1.38 bits per heavy atom. The van der Waals surface area contributed by atoms with Crippen LogP contribution in [0.3, 0.4) is 0 Å². The molecule has 1 atom stereocenters. The zero-order chi connectivity index (χ0) is 15.1. The van der Waals surface area contributed by atoms with Crippen LogP contribution in [0.15, 0.2) is 12.1 Å². The van der Waals surface area contributed by atoms with Crippen molar-refractivity contribution in [3.8, 4) is 0 Å². The molecule has 1 N–H and O–H groups in total. The van der Waals surface area contributed by atoms with Crippen molar-refractivity contribution in [3.05, 3.63) is 17.8 Å². The van der Waals surface area contributed by atoms with Gasteiger partial charge in [-0.05, 0) is 44.4 Å². The molecule has 5 heteroatoms. The van der Waals surface area contributed by atoms with Gasteiger partial charge >= 0.3 is 0 Å². The van der Waals surface area contributed by atoms with Gasteiger partial charge in [-0.15, -0.1) is 5.10 Å². The van der Waals surface area contributed by atoms with E-state index in [1.807, 2.05) is 0 Å². The SMILES string of the molecule is CCOC1CCCN(c2ccc(CNCC(C)C)nn2)C1. The number of hydrogen-bond acceptors (Lipinski definition) is 5. The van der Waals surface area contributed by atoms with Gasteiger partial charge in [-0.2, -0.15) is 5.10 Å². The maximum Gasteiger partial charge on any atom is 0.151 e. The highest BCUT2D eigenvalue weighted by molar-refractivity contribution is 5.38. The van der Waals surface area contributed by atoms with Crippen LogP contribution in [0.1, 0.15) is 39.3 Å². The Morgan fingerprint density at radius 3 is 2.90 bits per heavy atom. The molecule has 2 heterocycles. The van der Waals surface area contributed by atoms with Crippen molar-refractivity contribution in [2.24, 2.45) is 5.92 Å². The van der Waals surface area contributed by atoms with Crippen molar-refractivity contribution < 1.29 is 4.74 Å². The molecule has 1 aliphatic heterocycles. The van der Waals surface area contributed by atoms with E-state index in [4.69, 9.17) is 4.74 Å². The minimum Gasteiger partial charge on any atom is -0.377 e. The van der Waals surface area contributed by atoms with E-state index in [-0.39, 0.29) is 0 Å². The standard InChI is InChI=1S/C16H28N4O/c1-4-21-15-6-5-9-20(12-15)16-8-7-14(18-19-16)11-17-10-13(2)3/h7-8,13,15,17H,4-6,9-12H2,1-3H3. The van der Waals surface area contributed by atoms with E-state index >= 15 is 0 Å². The summed E-state index contributed by atoms with van der Waals surface area (Å²) in [5, 5.41) is 12.1. The van der Waals surface area contributed by atoms with Gasteiger partial charge in [0.1, 0.15) is 0 Å². The molecule has 5 nitrogen and oxygen atoms in total. The summed E-state index contributed by atoms with van der Waals surface area (Å²) in [5.41, 5.74) is 0.998. The fraction of sp³-hybridized carbons (Fsp3) is 0.750. The number of nitrogens with one attached hydrogen (secondary N) is 1. The molecule has 1 unspecified atom stereocenters. The van der Waals surface area contributed by atoms with Gasteiger partial charge in [0.15, 0.2) is 5.82 Å². The molecule has 0 aliphatic carbocycles. The van der Waals surface area contributed by atoms with E-state index in [1.165, 1.54) is 0 Å². The predicted molar refractivity (Wildman–Crippen MR) is 85.4 cm³/mol. The van der Waals surface area contributed by atoms with E-state index in [1.54, 1.807) is 0 Å². The van der Waals surface area contributed by atoms with Crippen molar-refractivity contribution in [3.63, 3.8) is 0 Å². The van der Waals surface area contributed by atoms with Crippen molar-refractivity contribution in [2.45, 2.75) is 46.3 Å². The number of ether oxygens (including phenoxy) is 1. The Labute approximate surface area is 128 Å². The summed E-state index contributed by atoms with van der Waals surface area (Å²) in [6.07, 6.45) is 2.64. The lowest BCUT2D eigenvalue weighted by Crippen LogP contribution is -2.40. The molecule has 1 fully saturated rings. The molecule has 0 saturated carbocycles. The monoisotopic (exact) mass is 292 g/mol. The molecule has 2 rings (SSSR count). The fourth-order valence-electron chi connectivity index (χ4n) is 2.62. The predicted octanol–water partition coefficient (Wildman–Crippen LogP) is 2.23. The third-order valence-corrected chi connectivity index (χ3v) is 3.67. The van der Waals surface area contributed by atoms with Crippen molar-refractivity contribution in [2.75, 3.05) is 31.1 Å². The van der Waals surface area contributed by atoms with E-state index in [2.05, 4.69) is 53.3 Å². The molecule has 21 heavy (non-hydrogen) atoms. The Morgan fingerprint density at radius 2 is 2.24 bits per heavy atom. The zero-order valence-corrected chi connectivity index (χ0v) is 13.5. The van der Waals surface area contributed by atoms with Crippen LogP contribution in [0.5, 0.6) is 0 Å². The van der Waals surface area contributed by atoms with Crippen molar-refractivity contribution in [1.82, 2.24) is 15.5 Å². The Bertz CT molecular complexity index is 405. The van der Waals surface area contributed by atoms with Gasteiger partial charge in [-0.3, -0.25) is 0 Å². The molecule has 1 saturated heterocycles. The molecule has 1 aliphatic rings. The van der Waals surface area contributed by atoms with E-state index < -0.39 is 0 Å². The lowest BCUT2D eigenvalue weighted by Gasteiger charge is -2.33. The first-order valence-electron chi connectivity index (χ1n) is 8.09. The zero-order valence-electron chi connectivity index (χ0n) is 13.5. The van der Waals surface area contributed by atoms with Crippen LogP contribution in [-0.4, -0.2) is 42.5 Å². The van der Waals surface area contributed by atoms with Gasteiger partial charge in [-0.25, -0.2) is 0 Å². The summed E-state index contributed by atoms with van der Waals surface area (Å²) in [4.78, 5) is 2.28. The fourth-order valence-corrected chi connectivity index (χ4v) is 2.62. The Balaban J connectivity index is 1.86. The summed E-state index contributed by atoms with van der Waals surface area (Å²) < 4.78 is 5.73. The number of nitrogens with zero attached hydrogens (tertiary/aromatic N) is 3. The van der Waals surface area contributed by atoms with E-state index in [0.29, 0.717) is 12.0 Å². The average Bonchev–Trinajstić information content (AvgIpc) is 2.48. The molecule has 0 aromatic carbocycles. The van der Waals surface area contributed by atoms with Crippen molar-refractivity contribution in [1.29, 1.82) is 0 Å². The summed E-state index contributed by atoms with van der Waals surface area (Å²) in [5.74, 6) is 1.62. The summed E-state index contributed by atoms with van der Waals surface area (Å²) in [6, 6.07) is 4.15. The van der Waals surface area contributed by atoms with Gasteiger partial charge in [0.05, 0.1) is 11.8 Å². The maximum absolute atomic E-state index is 5.73. The first kappa shape index (κ1) is 16.2. The summed E-state index contributed by atoms with van der Waals surface area (Å²) in [6.45, 7) is 11.0. The summed E-state index contributed by atoms with van der Waals surface area (Å²) in [7, 11) is 0. The van der Waals surface area contributed by atoms with Crippen LogP contribution in [-0.2, 0) is 11.3 Å². The molecule has 1 aromatic rings. The topological polar surface area (TPSA) is 50.3 Å². The highest BCUT2D eigenvalue weighted by Crippen LogP contribution is 2.19. The lowest BCUT2D eigenvalue weighted by molar-refractivity contribution is 0.0525. The Hall–Kier alpha value is -1.20. The van der Waals surface area contributed by atoms with Crippen LogP contribution in [0.4, 0.5) is 5.82 Å². The minimum absolute atomic E-state index is 0.331. The molecule has 0 spiro atoms. The molecular formula is C16H28N4O. The highest BCUT2D eigenvalue weighted by Gasteiger charge is 2.21. The summed E-state index contributed by atoms with van der Waals surface area (Å²) >= 11 is 0. The average molecular weight is 292 g/mol. The van der Waals surface area contributed by atoms with Crippen LogP contribution >= 0.6 is 0 Å². The normalized spacial score (nSPS) is 19.2. The number of piperidine rings is 1. The third kappa shape index (κ3) is 5.25. The molecule has 0 radical (unpaired) electrons. The quantitative estimate of drug-likeness (QED) is 0.835. The third-order valence-electron chi connectivity index (χ3n) is 3.67. The Kier molecular flexibility index (Phi) is 6.39. The molecule has 0 amide bonds. The molecule has 118 valence electrons. The molecule has 0 bridgehead atoms. The van der Waals surface area contributed by atoms with Crippen LogP contribution in [0.2, 0.25) is 0 Å². The first-order valence-corrected chi connectivity index (χ1v) is 8.09. The highest BCUT2D eigenvalue weighted by atomic mass is 16.5. The van der Waals surface area contributed by atoms with Crippen LogP contribution in [0.25, 0.3) is 0 Å². The van der Waals surface area contributed by atoms with E-state index in [9.17, 15) is 0 Å². The maximum atomic E-state index is 5.73. The second-order valence-corrected chi connectivity index (χ2v) is 6.07. The largest absolute Gasteiger partial charge is 0.377 e. The van der Waals surface area contributed by atoms with Crippen LogP contribution < -0.4 is 10.2 Å². The second kappa shape index (κ2) is 8.29. The van der Waals surface area contributed by atoms with Gasteiger partial charge in [0, 0.05) is 26.2 Å². The number of aromatic nitrogens is 2. The smallest absolute Gasteiger partial charge is 0.151 e. The molecular weight excluding hydrogens is 264 g/mol. The van der Waals surface area contributed by atoms with Gasteiger partial charge < -0.3 is 15.0 Å². The van der Waals surface area contributed by atoms with Gasteiger partial charge in [0.25, 0.3) is 0 Å². The molecule has 1 aromatic heterocycles.